The predicted molar refractivity (Wildman–Crippen MR) is 212 cm³/mol. The molecule has 0 bridgehead atoms. The number of allylic oxidation sites excluding steroid dienone is 2. The first-order valence-corrected chi connectivity index (χ1v) is 20.8. The fourth-order valence-electron chi connectivity index (χ4n) is 12.0. The van der Waals surface area contributed by atoms with E-state index in [1.165, 1.54) is 18.1 Å². The topological polar surface area (TPSA) is 213 Å². The second-order valence-electron chi connectivity index (χ2n) is 17.5. The summed E-state index contributed by atoms with van der Waals surface area (Å²) in [5, 5.41) is 78.6. The maximum absolute atomic E-state index is 13.7. The number of fused-ring (bicyclic) bond motifs is 3. The van der Waals surface area contributed by atoms with E-state index in [1.54, 1.807) is 0 Å². The number of ketones is 1. The van der Waals surface area contributed by atoms with Crippen molar-refractivity contribution < 1.29 is 64.3 Å². The van der Waals surface area contributed by atoms with Gasteiger partial charge in [0.2, 0.25) is 6.29 Å². The van der Waals surface area contributed by atoms with Gasteiger partial charge >= 0.3 is 5.97 Å². The van der Waals surface area contributed by atoms with Crippen LogP contribution in [-0.4, -0.2) is 111 Å². The molecule has 7 N–H and O–H groups in total. The fraction of sp³-hybridized carbons (Fsp3) is 0.522. The van der Waals surface area contributed by atoms with Crippen molar-refractivity contribution in [2.24, 2.45) is 29.1 Å². The molecule has 9 rings (SSSR count). The number of Topliss-reactive ketones (excluding diaryl/α,β-unsaturated/α-hetero) is 1. The SMILES string of the molecule is Cc1c(C(=O)CCc2ccccc2)c(O)c2c(O[C@@H]3O[C@H](CO)[C@]4(C[C@@H]5C6=C(CC=C6[C@]6(CCO)COC[C@@H]7CCC[C@@H]5[C@H]76)CO4)[C@H](O)[C@H]3O)cc(C(=O)O)cc2c1O. The molecule has 0 radical (unpaired) electrons. The molecule has 59 heavy (non-hydrogen) atoms. The largest absolute Gasteiger partial charge is 0.507 e. The monoisotopic (exact) mass is 812 g/mol. The second-order valence-corrected chi connectivity index (χ2v) is 17.5. The summed E-state index contributed by atoms with van der Waals surface area (Å²) in [7, 11) is 0. The normalized spacial score (nSPS) is 33.6. The molecule has 4 fully saturated rings. The van der Waals surface area contributed by atoms with Gasteiger partial charge in [-0.1, -0.05) is 42.8 Å². The minimum atomic E-state index is -1.79. The third-order valence-electron chi connectivity index (χ3n) is 14.6. The smallest absolute Gasteiger partial charge is 0.335 e. The zero-order valence-corrected chi connectivity index (χ0v) is 33.0. The van der Waals surface area contributed by atoms with Crippen LogP contribution in [0.2, 0.25) is 0 Å². The van der Waals surface area contributed by atoms with Crippen molar-refractivity contribution in [2.75, 3.05) is 33.0 Å². The number of ether oxygens (including phenoxy) is 4. The van der Waals surface area contributed by atoms with Crippen LogP contribution in [-0.2, 0) is 20.6 Å². The van der Waals surface area contributed by atoms with Gasteiger partial charge in [-0.25, -0.2) is 4.79 Å². The Kier molecular flexibility index (Phi) is 10.4. The number of aliphatic hydroxyl groups is 4. The Balaban J connectivity index is 1.06. The molecule has 0 unspecified atom stereocenters. The van der Waals surface area contributed by atoms with Crippen LogP contribution in [0.1, 0.15) is 76.8 Å². The van der Waals surface area contributed by atoms with Crippen LogP contribution in [0.25, 0.3) is 10.8 Å². The van der Waals surface area contributed by atoms with Crippen molar-refractivity contribution in [3.8, 4) is 17.2 Å². The number of aromatic hydroxyl groups is 2. The number of phenols is 2. The summed E-state index contributed by atoms with van der Waals surface area (Å²) in [5.41, 5.74) is 1.99. The molecule has 3 heterocycles. The summed E-state index contributed by atoms with van der Waals surface area (Å²) in [5.74, 6) is -2.52. The molecule has 0 aromatic heterocycles. The second kappa shape index (κ2) is 15.3. The molecule has 2 saturated carbocycles. The Morgan fingerprint density at radius 3 is 2.58 bits per heavy atom. The van der Waals surface area contributed by atoms with Gasteiger partial charge in [-0.15, -0.1) is 0 Å². The summed E-state index contributed by atoms with van der Waals surface area (Å²) < 4.78 is 25.5. The van der Waals surface area contributed by atoms with Gasteiger partial charge in [0.25, 0.3) is 0 Å². The Labute approximate surface area is 341 Å². The van der Waals surface area contributed by atoms with Crippen LogP contribution >= 0.6 is 0 Å². The Hall–Kier alpha value is -4.34. The molecule has 13 heteroatoms. The van der Waals surface area contributed by atoms with Crippen molar-refractivity contribution in [3.63, 3.8) is 0 Å². The maximum atomic E-state index is 13.7. The molecule has 13 nitrogen and oxygen atoms in total. The minimum absolute atomic E-state index is 0.00130. The number of hydrogen-bond acceptors (Lipinski definition) is 12. The molecule has 2 saturated heterocycles. The third-order valence-corrected chi connectivity index (χ3v) is 14.6. The quantitative estimate of drug-likeness (QED) is 0.109. The number of aromatic carboxylic acids is 1. The van der Waals surface area contributed by atoms with Crippen molar-refractivity contribution >= 4 is 22.5 Å². The summed E-state index contributed by atoms with van der Waals surface area (Å²) in [6.45, 7) is 2.17. The first-order valence-electron chi connectivity index (χ1n) is 20.8. The summed E-state index contributed by atoms with van der Waals surface area (Å²) in [4.78, 5) is 26.0. The number of phenolic OH excluding ortho intramolecular Hbond substituents is 2. The number of carboxylic acids is 1. The van der Waals surface area contributed by atoms with E-state index in [-0.39, 0.29) is 82.4 Å². The Morgan fingerprint density at radius 2 is 1.83 bits per heavy atom. The van der Waals surface area contributed by atoms with Gasteiger partial charge in [0.05, 0.1) is 36.3 Å². The molecule has 314 valence electrons. The molecule has 1 spiro atoms. The minimum Gasteiger partial charge on any atom is -0.507 e. The van der Waals surface area contributed by atoms with Gasteiger partial charge in [-0.05, 0) is 104 Å². The average molecular weight is 813 g/mol. The highest BCUT2D eigenvalue weighted by molar-refractivity contribution is 6.11. The molecule has 10 atom stereocenters. The highest BCUT2D eigenvalue weighted by Crippen LogP contribution is 2.66. The summed E-state index contributed by atoms with van der Waals surface area (Å²) >= 11 is 0. The van der Waals surface area contributed by atoms with Crippen LogP contribution in [0, 0.1) is 36.0 Å². The Morgan fingerprint density at radius 1 is 1.03 bits per heavy atom. The average Bonchev–Trinajstić information content (AvgIpc) is 3.60. The van der Waals surface area contributed by atoms with Crippen LogP contribution in [0.5, 0.6) is 17.2 Å². The van der Waals surface area contributed by atoms with E-state index >= 15 is 0 Å². The van der Waals surface area contributed by atoms with E-state index in [2.05, 4.69) is 6.08 Å². The van der Waals surface area contributed by atoms with E-state index in [4.69, 9.17) is 18.9 Å². The Bertz CT molecular complexity index is 2220. The number of aryl methyl sites for hydroxylation is 1. The molecular weight excluding hydrogens is 760 g/mol. The predicted octanol–water partition coefficient (Wildman–Crippen LogP) is 4.74. The number of hydrogen-bond donors (Lipinski definition) is 7. The zero-order valence-electron chi connectivity index (χ0n) is 33.0. The van der Waals surface area contributed by atoms with Crippen molar-refractivity contribution in [1.82, 2.24) is 0 Å². The van der Waals surface area contributed by atoms with Gasteiger partial charge in [0.1, 0.15) is 41.2 Å². The number of aliphatic hydroxyl groups excluding tert-OH is 4. The molecule has 6 aliphatic rings. The first-order chi connectivity index (χ1) is 28.4. The van der Waals surface area contributed by atoms with Gasteiger partial charge < -0.3 is 54.7 Å². The standard InChI is InChI=1S/C46H52O13/c1-23-35(32(49)13-10-24-6-3-2-4-7-24)40(51)37-29(39(23)50)16-27(43(54)55)17-33(37)58-44-41(52)42(53)46(34(19-48)59-44)18-30-28-9-5-8-26-20-56-22-45(14-15-47,38(26)28)31-12-11-25(21-57-46)36(30)31/h2-4,6-7,12,16-17,26,28,30,34,38,41-42,44,47-48,50-53H,5,8-11,13-15,18-22H2,1H3,(H,54,55)/t26-,28-,30-,34+,38-,41+,42+,44+,45-,46+/m0/s1. The molecular formula is C46H52O13. The zero-order chi connectivity index (χ0) is 41.4. The molecule has 3 aliphatic carbocycles. The maximum Gasteiger partial charge on any atom is 0.335 e. The van der Waals surface area contributed by atoms with Crippen LogP contribution < -0.4 is 4.74 Å². The van der Waals surface area contributed by atoms with Crippen LogP contribution in [0.15, 0.2) is 65.3 Å². The highest BCUT2D eigenvalue weighted by Gasteiger charge is 2.65. The van der Waals surface area contributed by atoms with Gasteiger partial charge in [-0.3, -0.25) is 4.79 Å². The molecule has 0 amide bonds. The van der Waals surface area contributed by atoms with Crippen molar-refractivity contribution in [3.05, 3.63) is 87.5 Å². The lowest BCUT2D eigenvalue weighted by atomic mass is 9.46. The van der Waals surface area contributed by atoms with Gasteiger partial charge in [-0.2, -0.15) is 0 Å². The van der Waals surface area contributed by atoms with Crippen molar-refractivity contribution in [2.45, 2.75) is 88.5 Å². The lowest BCUT2D eigenvalue weighted by molar-refractivity contribution is -0.326. The molecule has 3 aliphatic heterocycles. The lowest BCUT2D eigenvalue weighted by Crippen LogP contribution is -2.69. The number of carboxylic acid groups (broad SMARTS) is 1. The van der Waals surface area contributed by atoms with Gasteiger partial charge in [0, 0.05) is 36.0 Å². The molecule has 3 aromatic rings. The van der Waals surface area contributed by atoms with Crippen LogP contribution in [0.3, 0.4) is 0 Å². The fourth-order valence-corrected chi connectivity index (χ4v) is 12.0. The lowest BCUT2D eigenvalue weighted by Gasteiger charge is -2.61. The number of rotatable bonds is 10. The summed E-state index contributed by atoms with van der Waals surface area (Å²) in [6, 6.07) is 11.6. The third kappa shape index (κ3) is 6.23. The highest BCUT2D eigenvalue weighted by atomic mass is 16.7. The van der Waals surface area contributed by atoms with Crippen molar-refractivity contribution in [1.29, 1.82) is 0 Å². The number of carbonyl (C=O) groups excluding carboxylic acids is 1. The van der Waals surface area contributed by atoms with E-state index in [9.17, 15) is 45.3 Å². The van der Waals surface area contributed by atoms with Crippen LogP contribution in [0.4, 0.5) is 0 Å². The summed E-state index contributed by atoms with van der Waals surface area (Å²) in [6.07, 6.45) is 0.679. The van der Waals surface area contributed by atoms with E-state index in [0.717, 1.165) is 42.5 Å². The first kappa shape index (κ1) is 40.1. The number of benzene rings is 3. The van der Waals surface area contributed by atoms with E-state index < -0.39 is 60.1 Å². The van der Waals surface area contributed by atoms with Gasteiger partial charge in [0.15, 0.2) is 5.78 Å². The molecule has 3 aromatic carbocycles. The van der Waals surface area contributed by atoms with E-state index in [0.29, 0.717) is 38.4 Å². The number of carbonyl (C=O) groups is 2. The van der Waals surface area contributed by atoms with E-state index in [1.807, 2.05) is 30.3 Å².